The molecule has 118 valence electrons. The van der Waals surface area contributed by atoms with E-state index < -0.39 is 0 Å². The van der Waals surface area contributed by atoms with E-state index in [1.807, 2.05) is 30.8 Å². The summed E-state index contributed by atoms with van der Waals surface area (Å²) in [5, 5.41) is 6.13. The Kier molecular flexibility index (Phi) is 8.11. The topological polar surface area (TPSA) is 50.4 Å². The van der Waals surface area contributed by atoms with Gasteiger partial charge in [-0.1, -0.05) is 12.1 Å². The van der Waals surface area contributed by atoms with Crippen molar-refractivity contribution in [2.24, 2.45) is 0 Å². The van der Waals surface area contributed by atoms with Crippen molar-refractivity contribution in [1.82, 2.24) is 5.32 Å². The summed E-state index contributed by atoms with van der Waals surface area (Å²) in [6, 6.07) is 7.78. The fourth-order valence-electron chi connectivity index (χ4n) is 2.22. The molecule has 0 radical (unpaired) electrons. The van der Waals surface area contributed by atoms with Crippen LogP contribution in [0.4, 0.5) is 5.69 Å². The van der Waals surface area contributed by atoms with E-state index in [1.54, 1.807) is 0 Å². The van der Waals surface area contributed by atoms with E-state index in [0.717, 1.165) is 24.4 Å². The van der Waals surface area contributed by atoms with Gasteiger partial charge < -0.3 is 15.4 Å². The van der Waals surface area contributed by atoms with Crippen LogP contribution >= 0.6 is 24.2 Å². The summed E-state index contributed by atoms with van der Waals surface area (Å²) >= 11 is 1.84. The number of rotatable bonds is 5. The lowest BCUT2D eigenvalue weighted by atomic mass is 10.1. The zero-order valence-electron chi connectivity index (χ0n) is 12.4. The van der Waals surface area contributed by atoms with Crippen molar-refractivity contribution in [2.45, 2.75) is 25.5 Å². The highest BCUT2D eigenvalue weighted by atomic mass is 35.5. The minimum absolute atomic E-state index is 0. The largest absolute Gasteiger partial charge is 0.375 e. The first-order valence-electron chi connectivity index (χ1n) is 6.94. The molecule has 1 saturated heterocycles. The number of hydrogen-bond acceptors (Lipinski definition) is 4. The van der Waals surface area contributed by atoms with Gasteiger partial charge in [-0.3, -0.25) is 4.79 Å². The molecule has 0 bridgehead atoms. The average Bonchev–Trinajstić information content (AvgIpc) is 2.47. The van der Waals surface area contributed by atoms with Crippen molar-refractivity contribution in [3.63, 3.8) is 0 Å². The van der Waals surface area contributed by atoms with Gasteiger partial charge in [-0.25, -0.2) is 0 Å². The second-order valence-corrected chi connectivity index (χ2v) is 5.92. The molecule has 0 aliphatic carbocycles. The predicted octanol–water partition coefficient (Wildman–Crippen LogP) is 2.33. The number of thioether (sulfide) groups is 1. The van der Waals surface area contributed by atoms with E-state index in [0.29, 0.717) is 6.61 Å². The molecule has 1 aliphatic heterocycles. The van der Waals surface area contributed by atoms with Gasteiger partial charge in [0.25, 0.3) is 0 Å². The Balaban J connectivity index is 0.00000220. The Labute approximate surface area is 136 Å². The van der Waals surface area contributed by atoms with Crippen LogP contribution in [0.25, 0.3) is 0 Å². The van der Waals surface area contributed by atoms with Crippen LogP contribution in [0, 0.1) is 0 Å². The van der Waals surface area contributed by atoms with Gasteiger partial charge >= 0.3 is 0 Å². The number of ether oxygens (including phenoxy) is 1. The lowest BCUT2D eigenvalue weighted by Gasteiger charge is -2.29. The van der Waals surface area contributed by atoms with Gasteiger partial charge in [0.05, 0.1) is 12.7 Å². The maximum atomic E-state index is 12.2. The molecule has 1 amide bonds. The fraction of sp³-hybridized carbons (Fsp3) is 0.533. The summed E-state index contributed by atoms with van der Waals surface area (Å²) in [6.45, 7) is 3.30. The van der Waals surface area contributed by atoms with Crippen LogP contribution in [-0.2, 0) is 16.0 Å². The van der Waals surface area contributed by atoms with Gasteiger partial charge in [-0.05, 0) is 43.0 Å². The van der Waals surface area contributed by atoms with E-state index >= 15 is 0 Å². The molecular weight excluding hydrogens is 308 g/mol. The first-order valence-corrected chi connectivity index (χ1v) is 8.34. The first kappa shape index (κ1) is 18.3. The summed E-state index contributed by atoms with van der Waals surface area (Å²) in [6.07, 6.45) is 3.07. The molecule has 1 aromatic carbocycles. The average molecular weight is 331 g/mol. The Bertz CT molecular complexity index is 442. The number of carbonyl (C=O) groups is 1. The van der Waals surface area contributed by atoms with Crippen LogP contribution in [0.1, 0.15) is 12.5 Å². The maximum Gasteiger partial charge on any atom is 0.244 e. The van der Waals surface area contributed by atoms with E-state index in [9.17, 15) is 4.79 Å². The smallest absolute Gasteiger partial charge is 0.244 e. The summed E-state index contributed by atoms with van der Waals surface area (Å²) in [4.78, 5) is 12.2. The number of benzene rings is 1. The summed E-state index contributed by atoms with van der Waals surface area (Å²) in [5.41, 5.74) is 2.13. The van der Waals surface area contributed by atoms with Crippen LogP contribution < -0.4 is 10.6 Å². The minimum atomic E-state index is -0.278. The first-order chi connectivity index (χ1) is 9.70. The molecule has 1 aromatic rings. The monoisotopic (exact) mass is 330 g/mol. The van der Waals surface area contributed by atoms with Crippen molar-refractivity contribution in [3.05, 3.63) is 29.8 Å². The van der Waals surface area contributed by atoms with E-state index in [2.05, 4.69) is 29.0 Å². The summed E-state index contributed by atoms with van der Waals surface area (Å²) in [5.74, 6) is 1.08. The van der Waals surface area contributed by atoms with Gasteiger partial charge in [0, 0.05) is 12.2 Å². The van der Waals surface area contributed by atoms with Crippen molar-refractivity contribution in [3.8, 4) is 0 Å². The lowest BCUT2D eigenvalue weighted by Crippen LogP contribution is -2.53. The van der Waals surface area contributed by atoms with Crippen LogP contribution in [-0.4, -0.2) is 43.2 Å². The van der Waals surface area contributed by atoms with Crippen molar-refractivity contribution in [2.75, 3.05) is 30.5 Å². The molecule has 2 atom stereocenters. The lowest BCUT2D eigenvalue weighted by molar-refractivity contribution is -0.123. The third-order valence-corrected chi connectivity index (χ3v) is 4.03. The molecule has 2 rings (SSSR count). The van der Waals surface area contributed by atoms with Gasteiger partial charge in [-0.2, -0.15) is 11.8 Å². The number of amides is 1. The summed E-state index contributed by atoms with van der Waals surface area (Å²) in [7, 11) is 0. The molecule has 6 heteroatoms. The Hall–Kier alpha value is -0.750. The van der Waals surface area contributed by atoms with Crippen molar-refractivity contribution in [1.29, 1.82) is 0 Å². The highest BCUT2D eigenvalue weighted by Gasteiger charge is 2.28. The standard InChI is InChI=1S/C15H22N2O2S.ClH/c1-11-14(16-8-9-19-11)15(18)17-13-5-3-12(4-6-13)7-10-20-2;/h3-6,11,14,16H,7-10H2,1-2H3,(H,17,18);1H/t11-,14+;/m1./s1. The van der Waals surface area contributed by atoms with E-state index in [-0.39, 0.29) is 30.5 Å². The number of anilines is 1. The number of hydrogen-bond donors (Lipinski definition) is 2. The molecule has 1 fully saturated rings. The molecule has 0 spiro atoms. The second-order valence-electron chi connectivity index (χ2n) is 4.94. The Morgan fingerprint density at radius 3 is 2.76 bits per heavy atom. The molecule has 0 aromatic heterocycles. The Morgan fingerprint density at radius 2 is 2.14 bits per heavy atom. The summed E-state index contributed by atoms with van der Waals surface area (Å²) < 4.78 is 5.49. The van der Waals surface area contributed by atoms with Crippen LogP contribution in [0.15, 0.2) is 24.3 Å². The second kappa shape index (κ2) is 9.30. The van der Waals surface area contributed by atoms with Gasteiger partial charge in [0.15, 0.2) is 0 Å². The number of morpholine rings is 1. The molecule has 1 heterocycles. The SMILES string of the molecule is CSCCc1ccc(NC(=O)[C@H]2NCCO[C@@H]2C)cc1.Cl. The normalized spacial score (nSPS) is 21.4. The Morgan fingerprint density at radius 1 is 1.43 bits per heavy atom. The number of nitrogens with one attached hydrogen (secondary N) is 2. The third-order valence-electron chi connectivity index (χ3n) is 3.42. The minimum Gasteiger partial charge on any atom is -0.375 e. The fourth-order valence-corrected chi connectivity index (χ4v) is 2.66. The molecule has 21 heavy (non-hydrogen) atoms. The number of carbonyl (C=O) groups excluding carboxylic acids is 1. The van der Waals surface area contributed by atoms with Gasteiger partial charge in [-0.15, -0.1) is 12.4 Å². The molecular formula is C15H23ClN2O2S. The maximum absolute atomic E-state index is 12.2. The number of aryl methyl sites for hydroxylation is 1. The van der Waals surface area contributed by atoms with Crippen molar-refractivity contribution >= 4 is 35.8 Å². The quantitative estimate of drug-likeness (QED) is 0.870. The van der Waals surface area contributed by atoms with E-state index in [4.69, 9.17) is 4.74 Å². The highest BCUT2D eigenvalue weighted by molar-refractivity contribution is 7.98. The molecule has 1 aliphatic rings. The molecule has 4 nitrogen and oxygen atoms in total. The van der Waals surface area contributed by atoms with Gasteiger partial charge in [0.2, 0.25) is 5.91 Å². The zero-order valence-corrected chi connectivity index (χ0v) is 14.1. The molecule has 2 N–H and O–H groups in total. The predicted molar refractivity (Wildman–Crippen MR) is 91.6 cm³/mol. The van der Waals surface area contributed by atoms with Crippen LogP contribution in [0.2, 0.25) is 0 Å². The number of halogens is 1. The molecule has 0 saturated carbocycles. The third kappa shape index (κ3) is 5.51. The van der Waals surface area contributed by atoms with Crippen LogP contribution in [0.5, 0.6) is 0 Å². The highest BCUT2D eigenvalue weighted by Crippen LogP contribution is 2.13. The van der Waals surface area contributed by atoms with E-state index in [1.165, 1.54) is 5.56 Å². The van der Waals surface area contributed by atoms with Crippen molar-refractivity contribution < 1.29 is 9.53 Å². The van der Waals surface area contributed by atoms with Gasteiger partial charge in [0.1, 0.15) is 6.04 Å². The zero-order chi connectivity index (χ0) is 14.4. The van der Waals surface area contributed by atoms with Crippen LogP contribution in [0.3, 0.4) is 0 Å². The molecule has 0 unspecified atom stereocenters.